The van der Waals surface area contributed by atoms with Crippen LogP contribution in [0.3, 0.4) is 0 Å². The number of aromatic amines is 1. The number of amides is 1. The number of carbonyl (C=O) groups is 1. The van der Waals surface area contributed by atoms with Gasteiger partial charge >= 0.3 is 0 Å². The summed E-state index contributed by atoms with van der Waals surface area (Å²) in [6, 6.07) is 18.5. The Balaban J connectivity index is 1.20. The maximum Gasteiger partial charge on any atom is 0.254 e. The average Bonchev–Trinajstić information content (AvgIpc) is 3.47. The summed E-state index contributed by atoms with van der Waals surface area (Å²) in [6.45, 7) is 1.35. The molecule has 0 aliphatic rings. The van der Waals surface area contributed by atoms with Crippen LogP contribution in [0.5, 0.6) is 0 Å². The number of rotatable bonds is 7. The SMILES string of the molecule is O=C(NCc1[nH]nc2ccc(Cl)cc12)c1cnn(Cc2ccc(Cn3ccccc3=O)cc2)c1. The predicted molar refractivity (Wildman–Crippen MR) is 130 cm³/mol. The highest BCUT2D eigenvalue weighted by Gasteiger charge is 2.11. The molecule has 34 heavy (non-hydrogen) atoms. The Bertz CT molecular complexity index is 1520. The number of pyridine rings is 1. The predicted octanol–water partition coefficient (Wildman–Crippen LogP) is 3.60. The molecule has 0 unspecified atom stereocenters. The summed E-state index contributed by atoms with van der Waals surface area (Å²) in [4.78, 5) is 24.5. The summed E-state index contributed by atoms with van der Waals surface area (Å²) in [7, 11) is 0. The van der Waals surface area contributed by atoms with Crippen molar-refractivity contribution in [1.82, 2.24) is 29.9 Å². The molecule has 170 valence electrons. The lowest BCUT2D eigenvalue weighted by molar-refractivity contribution is 0.0950. The van der Waals surface area contributed by atoms with Gasteiger partial charge in [0, 0.05) is 28.9 Å². The summed E-state index contributed by atoms with van der Waals surface area (Å²) in [5, 5.41) is 15.9. The van der Waals surface area contributed by atoms with E-state index in [4.69, 9.17) is 11.6 Å². The van der Waals surface area contributed by atoms with Crippen molar-refractivity contribution in [2.24, 2.45) is 0 Å². The molecule has 5 rings (SSSR count). The lowest BCUT2D eigenvalue weighted by Crippen LogP contribution is -2.22. The monoisotopic (exact) mass is 472 g/mol. The molecule has 2 N–H and O–H groups in total. The fourth-order valence-electron chi connectivity index (χ4n) is 3.73. The summed E-state index contributed by atoms with van der Waals surface area (Å²) in [5.74, 6) is -0.223. The lowest BCUT2D eigenvalue weighted by atomic mass is 10.1. The third kappa shape index (κ3) is 4.77. The van der Waals surface area contributed by atoms with Crippen LogP contribution in [0.4, 0.5) is 0 Å². The van der Waals surface area contributed by atoms with Gasteiger partial charge in [0.2, 0.25) is 0 Å². The van der Waals surface area contributed by atoms with E-state index < -0.39 is 0 Å². The molecule has 0 fully saturated rings. The number of benzene rings is 2. The zero-order valence-electron chi connectivity index (χ0n) is 18.1. The van der Waals surface area contributed by atoms with Crippen LogP contribution in [0.25, 0.3) is 10.9 Å². The molecule has 2 aromatic carbocycles. The van der Waals surface area contributed by atoms with Crippen LogP contribution in [0.2, 0.25) is 5.02 Å². The molecule has 9 heteroatoms. The van der Waals surface area contributed by atoms with E-state index in [1.54, 1.807) is 46.0 Å². The molecule has 3 heterocycles. The van der Waals surface area contributed by atoms with Gasteiger partial charge in [0.15, 0.2) is 0 Å². The van der Waals surface area contributed by atoms with Gasteiger partial charge in [-0.2, -0.15) is 10.2 Å². The van der Waals surface area contributed by atoms with Gasteiger partial charge in [0.25, 0.3) is 11.5 Å². The minimum Gasteiger partial charge on any atom is -0.346 e. The lowest BCUT2D eigenvalue weighted by Gasteiger charge is -2.07. The number of carbonyl (C=O) groups excluding carboxylic acids is 1. The van der Waals surface area contributed by atoms with Crippen LogP contribution in [0.1, 0.15) is 27.2 Å². The van der Waals surface area contributed by atoms with Gasteiger partial charge in [-0.3, -0.25) is 19.4 Å². The topological polar surface area (TPSA) is 97.6 Å². The Kier molecular flexibility index (Phi) is 5.97. The van der Waals surface area contributed by atoms with Gasteiger partial charge in [-0.25, -0.2) is 0 Å². The Hall–Kier alpha value is -4.17. The van der Waals surface area contributed by atoms with Crippen LogP contribution in [0.15, 0.2) is 84.0 Å². The molecule has 0 spiro atoms. The molecule has 0 saturated carbocycles. The summed E-state index contributed by atoms with van der Waals surface area (Å²) >= 11 is 6.07. The van der Waals surface area contributed by atoms with Crippen molar-refractivity contribution in [3.8, 4) is 0 Å². The number of nitrogens with zero attached hydrogens (tertiary/aromatic N) is 4. The maximum atomic E-state index is 12.6. The molecular formula is C25H21ClN6O2. The van der Waals surface area contributed by atoms with Crippen LogP contribution in [-0.4, -0.2) is 30.5 Å². The first kappa shape index (κ1) is 21.7. The number of H-pyrrole nitrogens is 1. The van der Waals surface area contributed by atoms with Gasteiger partial charge in [-0.05, 0) is 35.4 Å². The van der Waals surface area contributed by atoms with E-state index in [-0.39, 0.29) is 11.5 Å². The van der Waals surface area contributed by atoms with Gasteiger partial charge in [-0.15, -0.1) is 0 Å². The molecule has 5 aromatic rings. The molecule has 8 nitrogen and oxygen atoms in total. The Morgan fingerprint density at radius 3 is 2.62 bits per heavy atom. The second-order valence-corrected chi connectivity index (χ2v) is 8.39. The minimum absolute atomic E-state index is 0.0292. The Morgan fingerprint density at radius 1 is 1.03 bits per heavy atom. The standard InChI is InChI=1S/C25H21ClN6O2/c26-20-8-9-22-21(11-20)23(30-29-22)13-27-25(34)19-12-28-32(16-19)15-18-6-4-17(5-7-18)14-31-10-2-1-3-24(31)33/h1-12,16H,13-15H2,(H,27,34)(H,29,30). The first-order valence-corrected chi connectivity index (χ1v) is 11.1. The van der Waals surface area contributed by atoms with Gasteiger partial charge in [0.05, 0.1) is 42.6 Å². The summed E-state index contributed by atoms with van der Waals surface area (Å²) in [5.41, 5.74) is 4.10. The average molecular weight is 473 g/mol. The molecule has 0 radical (unpaired) electrons. The molecule has 0 aliphatic heterocycles. The van der Waals surface area contributed by atoms with E-state index in [0.29, 0.717) is 30.2 Å². The number of fused-ring (bicyclic) bond motifs is 1. The zero-order chi connectivity index (χ0) is 23.5. The zero-order valence-corrected chi connectivity index (χ0v) is 18.9. The highest BCUT2D eigenvalue weighted by atomic mass is 35.5. The molecule has 1 amide bonds. The van der Waals surface area contributed by atoms with Crippen molar-refractivity contribution in [2.75, 3.05) is 0 Å². The summed E-state index contributed by atoms with van der Waals surface area (Å²) in [6.07, 6.45) is 5.04. The first-order chi connectivity index (χ1) is 16.5. The van der Waals surface area contributed by atoms with Crippen molar-refractivity contribution in [1.29, 1.82) is 0 Å². The number of halogens is 1. The normalized spacial score (nSPS) is 11.1. The molecule has 0 aliphatic carbocycles. The smallest absolute Gasteiger partial charge is 0.254 e. The van der Waals surface area contributed by atoms with E-state index in [1.807, 2.05) is 42.5 Å². The van der Waals surface area contributed by atoms with Crippen molar-refractivity contribution in [3.63, 3.8) is 0 Å². The van der Waals surface area contributed by atoms with Crippen LogP contribution in [-0.2, 0) is 19.6 Å². The highest BCUT2D eigenvalue weighted by molar-refractivity contribution is 6.31. The van der Waals surface area contributed by atoms with Gasteiger partial charge < -0.3 is 9.88 Å². The largest absolute Gasteiger partial charge is 0.346 e. The third-order valence-corrected chi connectivity index (χ3v) is 5.77. The van der Waals surface area contributed by atoms with Gasteiger partial charge in [-0.1, -0.05) is 41.9 Å². The third-order valence-electron chi connectivity index (χ3n) is 5.54. The molecular weight excluding hydrogens is 452 g/mol. The van der Waals surface area contributed by atoms with Crippen molar-refractivity contribution in [3.05, 3.63) is 117 Å². The van der Waals surface area contributed by atoms with E-state index in [0.717, 1.165) is 27.7 Å². The minimum atomic E-state index is -0.223. The van der Waals surface area contributed by atoms with Crippen LogP contribution < -0.4 is 10.9 Å². The van der Waals surface area contributed by atoms with Crippen molar-refractivity contribution in [2.45, 2.75) is 19.6 Å². The molecule has 0 atom stereocenters. The Labute approximate surface area is 199 Å². The Morgan fingerprint density at radius 2 is 1.82 bits per heavy atom. The fourth-order valence-corrected chi connectivity index (χ4v) is 3.91. The number of aromatic nitrogens is 5. The highest BCUT2D eigenvalue weighted by Crippen LogP contribution is 2.20. The van der Waals surface area contributed by atoms with E-state index in [9.17, 15) is 9.59 Å². The number of hydrogen-bond donors (Lipinski definition) is 2. The second kappa shape index (κ2) is 9.36. The number of hydrogen-bond acceptors (Lipinski definition) is 4. The first-order valence-electron chi connectivity index (χ1n) is 10.7. The van der Waals surface area contributed by atoms with Crippen molar-refractivity contribution < 1.29 is 4.79 Å². The van der Waals surface area contributed by atoms with Crippen LogP contribution >= 0.6 is 11.6 Å². The van der Waals surface area contributed by atoms with E-state index in [1.165, 1.54) is 0 Å². The quantitative estimate of drug-likeness (QED) is 0.378. The second-order valence-electron chi connectivity index (χ2n) is 7.96. The molecule has 0 saturated heterocycles. The maximum absolute atomic E-state index is 12.6. The fraction of sp³-hybridized carbons (Fsp3) is 0.120. The van der Waals surface area contributed by atoms with E-state index >= 15 is 0 Å². The van der Waals surface area contributed by atoms with Crippen molar-refractivity contribution >= 4 is 28.4 Å². The number of nitrogens with one attached hydrogen (secondary N) is 2. The van der Waals surface area contributed by atoms with E-state index in [2.05, 4.69) is 20.6 Å². The summed E-state index contributed by atoms with van der Waals surface area (Å²) < 4.78 is 3.38. The van der Waals surface area contributed by atoms with Crippen LogP contribution in [0, 0.1) is 0 Å². The molecule has 0 bridgehead atoms. The molecule has 3 aromatic heterocycles. The van der Waals surface area contributed by atoms with Gasteiger partial charge in [0.1, 0.15) is 0 Å².